The number of nitrogens with zero attached hydrogens (tertiary/aromatic N) is 3. The Morgan fingerprint density at radius 3 is 2.26 bits per heavy atom. The van der Waals surface area contributed by atoms with Crippen LogP contribution in [0.3, 0.4) is 0 Å². The molecule has 118 valence electrons. The first-order chi connectivity index (χ1) is 11.3. The zero-order valence-electron chi connectivity index (χ0n) is 13.1. The molecule has 0 saturated carbocycles. The minimum atomic E-state index is -0.221. The molecular weight excluding hydrogens is 289 g/mol. The van der Waals surface area contributed by atoms with Crippen molar-refractivity contribution in [3.63, 3.8) is 0 Å². The van der Waals surface area contributed by atoms with E-state index in [0.717, 1.165) is 44.8 Å². The standard InChI is InChI=1S/C19H20FN3/c20-19-5-3-17(4-6-19)2-1-11-22-12-14-23(15-13-22)16-18-7-9-21-10-8-18/h3-10H,11-16H2. The Kier molecular flexibility index (Phi) is 5.36. The van der Waals surface area contributed by atoms with Gasteiger partial charge >= 0.3 is 0 Å². The molecule has 1 aliphatic heterocycles. The van der Waals surface area contributed by atoms with Gasteiger partial charge in [0.15, 0.2) is 0 Å². The van der Waals surface area contributed by atoms with E-state index in [2.05, 4.69) is 38.8 Å². The predicted molar refractivity (Wildman–Crippen MR) is 89.2 cm³/mol. The van der Waals surface area contributed by atoms with Gasteiger partial charge in [-0.15, -0.1) is 0 Å². The molecule has 2 heterocycles. The van der Waals surface area contributed by atoms with Gasteiger partial charge < -0.3 is 0 Å². The minimum Gasteiger partial charge on any atom is -0.297 e. The van der Waals surface area contributed by atoms with Crippen LogP contribution in [0.2, 0.25) is 0 Å². The van der Waals surface area contributed by atoms with E-state index in [4.69, 9.17) is 0 Å². The third-order valence-electron chi connectivity index (χ3n) is 4.00. The summed E-state index contributed by atoms with van der Waals surface area (Å²) in [7, 11) is 0. The molecule has 0 radical (unpaired) electrons. The lowest BCUT2D eigenvalue weighted by molar-refractivity contribution is 0.138. The lowest BCUT2D eigenvalue weighted by Gasteiger charge is -2.33. The van der Waals surface area contributed by atoms with Gasteiger partial charge in [-0.05, 0) is 42.0 Å². The van der Waals surface area contributed by atoms with Crippen molar-refractivity contribution in [2.45, 2.75) is 6.54 Å². The Morgan fingerprint density at radius 2 is 1.57 bits per heavy atom. The van der Waals surface area contributed by atoms with Gasteiger partial charge in [-0.25, -0.2) is 4.39 Å². The molecule has 2 aromatic rings. The fraction of sp³-hybridized carbons (Fsp3) is 0.316. The summed E-state index contributed by atoms with van der Waals surface area (Å²) in [6, 6.07) is 10.5. The average Bonchev–Trinajstić information content (AvgIpc) is 2.59. The molecule has 4 heteroatoms. The lowest BCUT2D eigenvalue weighted by Crippen LogP contribution is -2.45. The highest BCUT2D eigenvalue weighted by molar-refractivity contribution is 5.34. The molecule has 1 saturated heterocycles. The number of aromatic nitrogens is 1. The highest BCUT2D eigenvalue weighted by Crippen LogP contribution is 2.07. The molecule has 23 heavy (non-hydrogen) atoms. The molecule has 3 nitrogen and oxygen atoms in total. The van der Waals surface area contributed by atoms with Crippen molar-refractivity contribution < 1.29 is 4.39 Å². The van der Waals surface area contributed by atoms with Crippen molar-refractivity contribution >= 4 is 0 Å². The molecule has 0 unspecified atom stereocenters. The second-order valence-corrected chi connectivity index (χ2v) is 5.72. The molecule has 0 atom stereocenters. The summed E-state index contributed by atoms with van der Waals surface area (Å²) in [5.41, 5.74) is 2.17. The maximum absolute atomic E-state index is 12.8. The van der Waals surface area contributed by atoms with Crippen LogP contribution in [0.5, 0.6) is 0 Å². The Balaban J connectivity index is 1.44. The van der Waals surface area contributed by atoms with Crippen molar-refractivity contribution in [1.82, 2.24) is 14.8 Å². The number of piperazine rings is 1. The van der Waals surface area contributed by atoms with E-state index >= 15 is 0 Å². The van der Waals surface area contributed by atoms with E-state index in [1.54, 1.807) is 12.1 Å². The van der Waals surface area contributed by atoms with Crippen molar-refractivity contribution in [2.24, 2.45) is 0 Å². The molecule has 0 bridgehead atoms. The second-order valence-electron chi connectivity index (χ2n) is 5.72. The molecule has 3 rings (SSSR count). The summed E-state index contributed by atoms with van der Waals surface area (Å²) in [5, 5.41) is 0. The molecule has 1 aromatic heterocycles. The summed E-state index contributed by atoms with van der Waals surface area (Å²) in [6.45, 7) is 5.92. The minimum absolute atomic E-state index is 0.221. The quantitative estimate of drug-likeness (QED) is 0.812. The average molecular weight is 309 g/mol. The first kappa shape index (κ1) is 15.7. The van der Waals surface area contributed by atoms with Crippen LogP contribution in [0.4, 0.5) is 4.39 Å². The number of hydrogen-bond donors (Lipinski definition) is 0. The molecule has 1 aromatic carbocycles. The largest absolute Gasteiger partial charge is 0.297 e. The van der Waals surface area contributed by atoms with Gasteiger partial charge in [0.2, 0.25) is 0 Å². The smallest absolute Gasteiger partial charge is 0.123 e. The molecule has 0 N–H and O–H groups in total. The van der Waals surface area contributed by atoms with Crippen LogP contribution in [0.25, 0.3) is 0 Å². The summed E-state index contributed by atoms with van der Waals surface area (Å²) >= 11 is 0. The molecular formula is C19H20FN3. The van der Waals surface area contributed by atoms with Crippen LogP contribution in [0, 0.1) is 17.7 Å². The van der Waals surface area contributed by atoms with Crippen molar-refractivity contribution in [3.8, 4) is 11.8 Å². The first-order valence-corrected chi connectivity index (χ1v) is 7.88. The third kappa shape index (κ3) is 4.88. The van der Waals surface area contributed by atoms with Gasteiger partial charge in [0, 0.05) is 50.7 Å². The topological polar surface area (TPSA) is 19.4 Å². The van der Waals surface area contributed by atoms with Crippen LogP contribution >= 0.6 is 0 Å². The van der Waals surface area contributed by atoms with E-state index in [1.807, 2.05) is 12.4 Å². The molecule has 0 aliphatic carbocycles. The summed E-state index contributed by atoms with van der Waals surface area (Å²) in [6.07, 6.45) is 3.69. The van der Waals surface area contributed by atoms with E-state index in [-0.39, 0.29) is 5.82 Å². The lowest BCUT2D eigenvalue weighted by atomic mass is 10.2. The maximum atomic E-state index is 12.8. The van der Waals surface area contributed by atoms with Gasteiger partial charge in [-0.3, -0.25) is 14.8 Å². The van der Waals surface area contributed by atoms with Crippen molar-refractivity contribution in [3.05, 3.63) is 65.7 Å². The van der Waals surface area contributed by atoms with Crippen molar-refractivity contribution in [1.29, 1.82) is 0 Å². The highest BCUT2D eigenvalue weighted by Gasteiger charge is 2.15. The third-order valence-corrected chi connectivity index (χ3v) is 4.00. The van der Waals surface area contributed by atoms with E-state index < -0.39 is 0 Å². The maximum Gasteiger partial charge on any atom is 0.123 e. The van der Waals surface area contributed by atoms with E-state index in [0.29, 0.717) is 0 Å². The molecule has 1 fully saturated rings. The zero-order chi connectivity index (χ0) is 15.9. The highest BCUT2D eigenvalue weighted by atomic mass is 19.1. The number of hydrogen-bond acceptors (Lipinski definition) is 3. The number of halogens is 1. The van der Waals surface area contributed by atoms with E-state index in [1.165, 1.54) is 17.7 Å². The van der Waals surface area contributed by atoms with E-state index in [9.17, 15) is 4.39 Å². The van der Waals surface area contributed by atoms with Crippen LogP contribution in [0.15, 0.2) is 48.8 Å². The monoisotopic (exact) mass is 309 g/mol. The van der Waals surface area contributed by atoms with Crippen molar-refractivity contribution in [2.75, 3.05) is 32.7 Å². The summed E-state index contributed by atoms with van der Waals surface area (Å²) < 4.78 is 12.8. The first-order valence-electron chi connectivity index (χ1n) is 7.88. The zero-order valence-corrected chi connectivity index (χ0v) is 13.1. The fourth-order valence-electron chi connectivity index (χ4n) is 2.64. The Labute approximate surface area is 136 Å². The van der Waals surface area contributed by atoms with Gasteiger partial charge in [0.1, 0.15) is 5.82 Å². The van der Waals surface area contributed by atoms with Gasteiger partial charge in [-0.2, -0.15) is 0 Å². The fourth-order valence-corrected chi connectivity index (χ4v) is 2.64. The van der Waals surface area contributed by atoms with Crippen LogP contribution < -0.4 is 0 Å². The predicted octanol–water partition coefficient (Wildman–Crippen LogP) is 2.39. The van der Waals surface area contributed by atoms with Crippen LogP contribution in [0.1, 0.15) is 11.1 Å². The molecule has 0 amide bonds. The summed E-state index contributed by atoms with van der Waals surface area (Å²) in [4.78, 5) is 8.87. The SMILES string of the molecule is Fc1ccc(C#CCN2CCN(Cc3ccncc3)CC2)cc1. The Bertz CT molecular complexity index is 665. The van der Waals surface area contributed by atoms with Gasteiger partial charge in [-0.1, -0.05) is 11.8 Å². The van der Waals surface area contributed by atoms with Crippen LogP contribution in [-0.2, 0) is 6.54 Å². The van der Waals surface area contributed by atoms with Gasteiger partial charge in [0.05, 0.1) is 6.54 Å². The Hall–Kier alpha value is -2.22. The number of pyridine rings is 1. The number of benzene rings is 1. The number of rotatable bonds is 3. The Morgan fingerprint density at radius 1 is 0.913 bits per heavy atom. The van der Waals surface area contributed by atoms with Gasteiger partial charge in [0.25, 0.3) is 0 Å². The van der Waals surface area contributed by atoms with Crippen LogP contribution in [-0.4, -0.2) is 47.5 Å². The second kappa shape index (κ2) is 7.87. The summed E-state index contributed by atoms with van der Waals surface area (Å²) in [5.74, 6) is 6.05. The molecule has 1 aliphatic rings. The normalized spacial score (nSPS) is 15.9. The molecule has 0 spiro atoms.